The molecule has 2 aliphatic heterocycles. The molecular formula is C25H26ClFN4O4. The van der Waals surface area contributed by atoms with Gasteiger partial charge in [0.25, 0.3) is 5.91 Å². The number of likely N-dealkylation sites (tertiary alicyclic amines) is 1. The van der Waals surface area contributed by atoms with E-state index in [1.807, 2.05) is 11.0 Å². The molecule has 0 bridgehead atoms. The van der Waals surface area contributed by atoms with Crippen molar-refractivity contribution < 1.29 is 23.4 Å². The third kappa shape index (κ3) is 5.11. The summed E-state index contributed by atoms with van der Waals surface area (Å²) in [6, 6.07) is 8.01. The minimum atomic E-state index is -0.492. The molecule has 2 aromatic carbocycles. The van der Waals surface area contributed by atoms with Gasteiger partial charge in [0.2, 0.25) is 0 Å². The van der Waals surface area contributed by atoms with E-state index in [4.69, 9.17) is 25.8 Å². The Morgan fingerprint density at radius 2 is 2.00 bits per heavy atom. The van der Waals surface area contributed by atoms with E-state index in [1.165, 1.54) is 18.5 Å². The summed E-state index contributed by atoms with van der Waals surface area (Å²) in [7, 11) is 1.58. The summed E-state index contributed by atoms with van der Waals surface area (Å²) in [6.45, 7) is 1.91. The predicted octanol–water partition coefficient (Wildman–Crippen LogP) is 4.72. The van der Waals surface area contributed by atoms with Gasteiger partial charge in [0.05, 0.1) is 17.6 Å². The van der Waals surface area contributed by atoms with Gasteiger partial charge in [0.15, 0.2) is 11.5 Å². The topological polar surface area (TPSA) is 85.8 Å². The van der Waals surface area contributed by atoms with Gasteiger partial charge in [-0.25, -0.2) is 14.4 Å². The first-order valence-electron chi connectivity index (χ1n) is 11.6. The minimum absolute atomic E-state index is 0.0170. The Kier molecular flexibility index (Phi) is 6.88. The van der Waals surface area contributed by atoms with Crippen LogP contribution in [0.2, 0.25) is 5.02 Å². The first-order valence-corrected chi connectivity index (χ1v) is 12.0. The maximum absolute atomic E-state index is 13.6. The average molecular weight is 501 g/mol. The van der Waals surface area contributed by atoms with Gasteiger partial charge in [0, 0.05) is 49.7 Å². The lowest BCUT2D eigenvalue weighted by molar-refractivity contribution is -0.142. The molecule has 8 nitrogen and oxygen atoms in total. The number of nitrogens with zero attached hydrogens (tertiary/aromatic N) is 3. The van der Waals surface area contributed by atoms with E-state index >= 15 is 0 Å². The largest absolute Gasteiger partial charge is 0.493 e. The molecule has 0 spiro atoms. The minimum Gasteiger partial charge on any atom is -0.493 e. The van der Waals surface area contributed by atoms with E-state index < -0.39 is 5.82 Å². The van der Waals surface area contributed by atoms with Crippen LogP contribution >= 0.6 is 11.6 Å². The predicted molar refractivity (Wildman–Crippen MR) is 130 cm³/mol. The second-order valence-corrected chi connectivity index (χ2v) is 9.05. The molecule has 3 heterocycles. The molecule has 1 unspecified atom stereocenters. The van der Waals surface area contributed by atoms with Gasteiger partial charge >= 0.3 is 0 Å². The molecule has 1 aromatic heterocycles. The van der Waals surface area contributed by atoms with Gasteiger partial charge in [0.1, 0.15) is 30.2 Å². The zero-order valence-electron chi connectivity index (χ0n) is 19.3. The van der Waals surface area contributed by atoms with Crippen molar-refractivity contribution in [3.63, 3.8) is 0 Å². The van der Waals surface area contributed by atoms with Gasteiger partial charge in [-0.15, -0.1) is 0 Å². The normalized spacial score (nSPS) is 18.6. The number of anilines is 2. The van der Waals surface area contributed by atoms with Crippen LogP contribution in [-0.4, -0.2) is 59.8 Å². The van der Waals surface area contributed by atoms with Gasteiger partial charge < -0.3 is 24.4 Å². The zero-order chi connectivity index (χ0) is 24.4. The lowest BCUT2D eigenvalue weighted by Gasteiger charge is -2.33. The number of benzene rings is 2. The maximum atomic E-state index is 13.6. The van der Waals surface area contributed by atoms with Crippen LogP contribution in [-0.2, 0) is 9.53 Å². The van der Waals surface area contributed by atoms with E-state index in [0.29, 0.717) is 61.1 Å². The highest BCUT2D eigenvalue weighted by Gasteiger charge is 2.31. The Morgan fingerprint density at radius 1 is 1.17 bits per heavy atom. The van der Waals surface area contributed by atoms with Crippen molar-refractivity contribution in [3.8, 4) is 11.5 Å². The fraction of sp³-hybridized carbons (Fsp3) is 0.400. The molecule has 0 radical (unpaired) electrons. The first-order chi connectivity index (χ1) is 17.0. The van der Waals surface area contributed by atoms with Crippen LogP contribution < -0.4 is 14.8 Å². The quantitative estimate of drug-likeness (QED) is 0.524. The second-order valence-electron chi connectivity index (χ2n) is 8.64. The summed E-state index contributed by atoms with van der Waals surface area (Å²) in [5.41, 5.74) is 1.26. The Labute approximate surface area is 207 Å². The summed E-state index contributed by atoms with van der Waals surface area (Å²) >= 11 is 5.92. The number of methoxy groups -OCH3 is 1. The average Bonchev–Trinajstić information content (AvgIpc) is 3.41. The van der Waals surface area contributed by atoms with Crippen LogP contribution in [0.5, 0.6) is 11.5 Å². The Morgan fingerprint density at radius 3 is 2.71 bits per heavy atom. The van der Waals surface area contributed by atoms with Crippen LogP contribution in [0.15, 0.2) is 36.7 Å². The fourth-order valence-electron chi connectivity index (χ4n) is 4.48. The molecule has 1 amide bonds. The smallest absolute Gasteiger partial charge is 0.251 e. The Balaban J connectivity index is 1.33. The fourth-order valence-corrected chi connectivity index (χ4v) is 4.66. The van der Waals surface area contributed by atoms with Crippen LogP contribution in [0.4, 0.5) is 15.9 Å². The molecule has 184 valence electrons. The van der Waals surface area contributed by atoms with E-state index in [2.05, 4.69) is 15.3 Å². The molecule has 0 saturated carbocycles. The molecule has 1 N–H and O–H groups in total. The van der Waals surface area contributed by atoms with Crippen LogP contribution in [0.1, 0.15) is 25.7 Å². The Bertz CT molecular complexity index is 1230. The number of fused-ring (bicyclic) bond motifs is 1. The Hall–Kier alpha value is -3.17. The first kappa shape index (κ1) is 23.6. The highest BCUT2D eigenvalue weighted by atomic mass is 35.5. The summed E-state index contributed by atoms with van der Waals surface area (Å²) in [5, 5.41) is 3.91. The maximum Gasteiger partial charge on any atom is 0.251 e. The highest BCUT2D eigenvalue weighted by Crippen LogP contribution is 2.36. The summed E-state index contributed by atoms with van der Waals surface area (Å²) in [5.74, 6) is 1.25. The SMILES string of the molecule is COc1cc2ncnc(Nc3ccc(F)c(Cl)c3)c2cc1OC1CCN(C(=O)C2CCCO2)CC1. The standard InChI is InChI=1S/C25H26ClFN4O4/c1-33-22-13-20-17(24(29-14-28-20)30-15-4-5-19(27)18(26)11-15)12-23(22)35-16-6-8-31(9-7-16)25(32)21-3-2-10-34-21/h4-5,11-14,16,21H,2-3,6-10H2,1H3,(H,28,29,30). The van der Waals surface area contributed by atoms with Gasteiger partial charge in [-0.05, 0) is 37.1 Å². The molecule has 35 heavy (non-hydrogen) atoms. The summed E-state index contributed by atoms with van der Waals surface area (Å²) in [6.07, 6.45) is 4.24. The number of piperidine rings is 1. The van der Waals surface area contributed by atoms with Gasteiger partial charge in [-0.2, -0.15) is 0 Å². The van der Waals surface area contributed by atoms with E-state index in [0.717, 1.165) is 18.2 Å². The van der Waals surface area contributed by atoms with Crippen molar-refractivity contribution >= 4 is 39.9 Å². The molecule has 10 heteroatoms. The van der Waals surface area contributed by atoms with Crippen molar-refractivity contribution in [2.45, 2.75) is 37.9 Å². The number of ether oxygens (including phenoxy) is 3. The number of carbonyl (C=O) groups is 1. The summed E-state index contributed by atoms with van der Waals surface area (Å²) < 4.78 is 31.0. The molecule has 3 aromatic rings. The lowest BCUT2D eigenvalue weighted by atomic mass is 10.1. The number of hydrogen-bond donors (Lipinski definition) is 1. The molecule has 2 saturated heterocycles. The van der Waals surface area contributed by atoms with Crippen molar-refractivity contribution in [1.29, 1.82) is 0 Å². The monoisotopic (exact) mass is 500 g/mol. The molecular weight excluding hydrogens is 475 g/mol. The number of halogens is 2. The number of nitrogens with one attached hydrogen (secondary N) is 1. The van der Waals surface area contributed by atoms with Crippen LogP contribution in [0.3, 0.4) is 0 Å². The van der Waals surface area contributed by atoms with Crippen molar-refractivity contribution in [1.82, 2.24) is 14.9 Å². The zero-order valence-corrected chi connectivity index (χ0v) is 20.1. The van der Waals surface area contributed by atoms with E-state index in [9.17, 15) is 9.18 Å². The number of hydrogen-bond acceptors (Lipinski definition) is 7. The summed E-state index contributed by atoms with van der Waals surface area (Å²) in [4.78, 5) is 23.2. The number of amides is 1. The van der Waals surface area contributed by atoms with E-state index in [1.54, 1.807) is 19.2 Å². The molecule has 5 rings (SSSR count). The van der Waals surface area contributed by atoms with Crippen molar-refractivity contribution in [3.05, 3.63) is 47.5 Å². The van der Waals surface area contributed by atoms with Crippen molar-refractivity contribution in [2.75, 3.05) is 32.1 Å². The number of rotatable bonds is 6. The lowest BCUT2D eigenvalue weighted by Crippen LogP contribution is -2.45. The molecule has 0 aliphatic carbocycles. The molecule has 2 fully saturated rings. The molecule has 2 aliphatic rings. The number of carbonyl (C=O) groups excluding carboxylic acids is 1. The van der Waals surface area contributed by atoms with Gasteiger partial charge in [-0.1, -0.05) is 11.6 Å². The number of aromatic nitrogens is 2. The third-order valence-electron chi connectivity index (χ3n) is 6.36. The van der Waals surface area contributed by atoms with Crippen LogP contribution in [0, 0.1) is 5.82 Å². The highest BCUT2D eigenvalue weighted by molar-refractivity contribution is 6.31. The van der Waals surface area contributed by atoms with Crippen LogP contribution in [0.25, 0.3) is 10.9 Å². The van der Waals surface area contributed by atoms with Gasteiger partial charge in [-0.3, -0.25) is 4.79 Å². The molecule has 1 atom stereocenters. The third-order valence-corrected chi connectivity index (χ3v) is 6.65. The second kappa shape index (κ2) is 10.2. The van der Waals surface area contributed by atoms with E-state index in [-0.39, 0.29) is 23.1 Å². The van der Waals surface area contributed by atoms with Crippen molar-refractivity contribution in [2.24, 2.45) is 0 Å².